The van der Waals surface area contributed by atoms with Crippen molar-refractivity contribution in [3.63, 3.8) is 0 Å². The van der Waals surface area contributed by atoms with E-state index in [-0.39, 0.29) is 11.7 Å². The lowest BCUT2D eigenvalue weighted by Gasteiger charge is -2.27. The first-order valence-electron chi connectivity index (χ1n) is 8.53. The van der Waals surface area contributed by atoms with Gasteiger partial charge in [0.25, 0.3) is 5.91 Å². The van der Waals surface area contributed by atoms with Crippen LogP contribution in [0.15, 0.2) is 36.5 Å². The number of nitrogens with one attached hydrogen (secondary N) is 1. The van der Waals surface area contributed by atoms with Crippen molar-refractivity contribution in [2.45, 2.75) is 25.8 Å². The van der Waals surface area contributed by atoms with Crippen molar-refractivity contribution in [1.82, 2.24) is 9.88 Å². The van der Waals surface area contributed by atoms with Gasteiger partial charge in [-0.1, -0.05) is 12.1 Å². The quantitative estimate of drug-likeness (QED) is 0.874. The van der Waals surface area contributed by atoms with Crippen molar-refractivity contribution in [3.8, 4) is 11.5 Å². The van der Waals surface area contributed by atoms with E-state index in [1.165, 1.54) is 13.5 Å². The second kappa shape index (κ2) is 7.88. The fourth-order valence-corrected chi connectivity index (χ4v) is 3.04. The first kappa shape index (κ1) is 17.1. The van der Waals surface area contributed by atoms with Crippen molar-refractivity contribution in [1.29, 1.82) is 0 Å². The summed E-state index contributed by atoms with van der Waals surface area (Å²) in [5, 5.41) is 13.4. The molecular weight excluding hydrogens is 318 g/mol. The van der Waals surface area contributed by atoms with E-state index in [1.807, 2.05) is 11.0 Å². The number of piperidine rings is 1. The molecule has 2 aromatic rings. The average Bonchev–Trinajstić information content (AvgIpc) is 2.67. The maximum atomic E-state index is 12.8. The summed E-state index contributed by atoms with van der Waals surface area (Å²) >= 11 is 0. The average molecular weight is 341 g/mol. The van der Waals surface area contributed by atoms with Crippen molar-refractivity contribution in [2.75, 3.05) is 25.5 Å². The van der Waals surface area contributed by atoms with Crippen LogP contribution in [0.3, 0.4) is 0 Å². The van der Waals surface area contributed by atoms with E-state index in [4.69, 9.17) is 4.74 Å². The summed E-state index contributed by atoms with van der Waals surface area (Å²) in [7, 11) is 1.51. The first-order chi connectivity index (χ1) is 12.2. The first-order valence-corrected chi connectivity index (χ1v) is 8.53. The number of methoxy groups -OCH3 is 1. The van der Waals surface area contributed by atoms with Crippen LogP contribution in [0.5, 0.6) is 11.5 Å². The summed E-state index contributed by atoms with van der Waals surface area (Å²) < 4.78 is 5.12. The van der Waals surface area contributed by atoms with Crippen molar-refractivity contribution in [3.05, 3.63) is 47.7 Å². The number of phenolic OH excluding ortho intramolecular Hbond substituents is 1. The van der Waals surface area contributed by atoms with Gasteiger partial charge >= 0.3 is 0 Å². The van der Waals surface area contributed by atoms with Crippen LogP contribution >= 0.6 is 0 Å². The van der Waals surface area contributed by atoms with Gasteiger partial charge in [0, 0.05) is 31.4 Å². The van der Waals surface area contributed by atoms with Crippen molar-refractivity contribution >= 4 is 11.7 Å². The van der Waals surface area contributed by atoms with Gasteiger partial charge in [-0.25, -0.2) is 4.98 Å². The Hall–Kier alpha value is -2.76. The van der Waals surface area contributed by atoms with Gasteiger partial charge in [-0.2, -0.15) is 0 Å². The van der Waals surface area contributed by atoms with Crippen molar-refractivity contribution < 1.29 is 14.6 Å². The van der Waals surface area contributed by atoms with Crippen molar-refractivity contribution in [2.24, 2.45) is 0 Å². The number of likely N-dealkylation sites (tertiary alicyclic amines) is 1. The lowest BCUT2D eigenvalue weighted by molar-refractivity contribution is 0.0725. The lowest BCUT2D eigenvalue weighted by Crippen LogP contribution is -2.36. The predicted molar refractivity (Wildman–Crippen MR) is 96.0 cm³/mol. The number of hydrogen-bond acceptors (Lipinski definition) is 5. The number of aromatic hydroxyl groups is 1. The minimum Gasteiger partial charge on any atom is -0.504 e. The summed E-state index contributed by atoms with van der Waals surface area (Å²) in [4.78, 5) is 19.0. The number of rotatable bonds is 5. The largest absolute Gasteiger partial charge is 0.504 e. The third kappa shape index (κ3) is 3.84. The van der Waals surface area contributed by atoms with E-state index in [0.717, 1.165) is 25.9 Å². The topological polar surface area (TPSA) is 74.7 Å². The van der Waals surface area contributed by atoms with Crippen LogP contribution in [0.25, 0.3) is 0 Å². The Morgan fingerprint density at radius 1 is 1.24 bits per heavy atom. The van der Waals surface area contributed by atoms with Gasteiger partial charge in [-0.05, 0) is 37.5 Å². The molecule has 1 aliphatic rings. The predicted octanol–water partition coefficient (Wildman–Crippen LogP) is 3.03. The fraction of sp³-hybridized carbons (Fsp3) is 0.368. The molecule has 6 nitrogen and oxygen atoms in total. The smallest absolute Gasteiger partial charge is 0.257 e. The van der Waals surface area contributed by atoms with Gasteiger partial charge in [0.1, 0.15) is 5.82 Å². The van der Waals surface area contributed by atoms with Crippen LogP contribution < -0.4 is 10.1 Å². The van der Waals surface area contributed by atoms with Gasteiger partial charge in [0.15, 0.2) is 11.5 Å². The van der Waals surface area contributed by atoms with Gasteiger partial charge in [-0.3, -0.25) is 4.79 Å². The number of hydrogen-bond donors (Lipinski definition) is 2. The monoisotopic (exact) mass is 341 g/mol. The van der Waals surface area contributed by atoms with Gasteiger partial charge < -0.3 is 20.1 Å². The highest BCUT2D eigenvalue weighted by Gasteiger charge is 2.21. The number of aromatic nitrogens is 1. The molecule has 1 aromatic carbocycles. The number of carbonyl (C=O) groups excluding carboxylic acids is 1. The fourth-order valence-electron chi connectivity index (χ4n) is 3.04. The summed E-state index contributed by atoms with van der Waals surface area (Å²) in [5.41, 5.74) is 1.24. The number of amides is 1. The highest BCUT2D eigenvalue weighted by atomic mass is 16.5. The van der Waals surface area contributed by atoms with E-state index < -0.39 is 0 Å². The highest BCUT2D eigenvalue weighted by molar-refractivity contribution is 5.98. The molecule has 0 bridgehead atoms. The lowest BCUT2D eigenvalue weighted by atomic mass is 10.1. The molecule has 25 heavy (non-hydrogen) atoms. The Labute approximate surface area is 147 Å². The van der Waals surface area contributed by atoms with Crippen LogP contribution in [0.4, 0.5) is 5.82 Å². The number of phenols is 1. The molecule has 0 radical (unpaired) electrons. The Balaban J connectivity index is 1.76. The normalized spacial score (nSPS) is 14.2. The molecule has 1 aromatic heterocycles. The Bertz CT molecular complexity index is 742. The van der Waals surface area contributed by atoms with Crippen LogP contribution in [-0.4, -0.2) is 41.1 Å². The van der Waals surface area contributed by atoms with Crippen LogP contribution in [0.2, 0.25) is 0 Å². The molecule has 2 N–H and O–H groups in total. The Morgan fingerprint density at radius 3 is 2.80 bits per heavy atom. The van der Waals surface area contributed by atoms with E-state index in [9.17, 15) is 9.90 Å². The van der Waals surface area contributed by atoms with E-state index in [0.29, 0.717) is 29.2 Å². The van der Waals surface area contributed by atoms with Gasteiger partial charge in [-0.15, -0.1) is 0 Å². The zero-order valence-corrected chi connectivity index (χ0v) is 14.4. The summed E-state index contributed by atoms with van der Waals surface area (Å²) in [6, 6.07) is 8.88. The molecule has 2 heterocycles. The summed E-state index contributed by atoms with van der Waals surface area (Å²) in [6.07, 6.45) is 4.93. The number of ether oxygens (including phenoxy) is 1. The summed E-state index contributed by atoms with van der Waals surface area (Å²) in [5.74, 6) is 1.05. The molecule has 0 spiro atoms. The molecule has 0 unspecified atom stereocenters. The number of pyridine rings is 1. The third-order valence-corrected chi connectivity index (χ3v) is 4.43. The summed E-state index contributed by atoms with van der Waals surface area (Å²) in [6.45, 7) is 1.94. The maximum absolute atomic E-state index is 12.8. The molecule has 0 saturated carbocycles. The molecule has 132 valence electrons. The molecule has 1 aliphatic heterocycles. The minimum atomic E-state index is 0.00478. The number of para-hydroxylation sites is 1. The number of carbonyl (C=O) groups is 1. The third-order valence-electron chi connectivity index (χ3n) is 4.43. The Kier molecular flexibility index (Phi) is 5.38. The van der Waals surface area contributed by atoms with Gasteiger partial charge in [0.05, 0.1) is 12.7 Å². The molecular formula is C19H23N3O3. The molecule has 6 heteroatoms. The van der Waals surface area contributed by atoms with E-state index in [1.54, 1.807) is 30.5 Å². The molecule has 1 saturated heterocycles. The van der Waals surface area contributed by atoms with Gasteiger partial charge in [0.2, 0.25) is 0 Å². The minimum absolute atomic E-state index is 0.00478. The number of benzene rings is 1. The molecule has 0 atom stereocenters. The second-order valence-electron chi connectivity index (χ2n) is 6.07. The number of anilines is 1. The molecule has 1 fully saturated rings. The maximum Gasteiger partial charge on any atom is 0.257 e. The second-order valence-corrected chi connectivity index (χ2v) is 6.07. The zero-order valence-electron chi connectivity index (χ0n) is 14.4. The highest BCUT2D eigenvalue weighted by Crippen LogP contribution is 2.30. The zero-order chi connectivity index (χ0) is 17.6. The molecule has 3 rings (SSSR count). The van der Waals surface area contributed by atoms with Crippen LogP contribution in [0, 0.1) is 0 Å². The standard InChI is InChI=1S/C19H23N3O3/c1-25-16-9-5-7-14(17(16)23)13-21-18-15(8-6-10-20-18)19(24)22-11-3-2-4-12-22/h5-10,23H,2-4,11-13H2,1H3,(H,20,21). The van der Waals surface area contributed by atoms with Crippen LogP contribution in [-0.2, 0) is 6.54 Å². The molecule has 1 amide bonds. The Morgan fingerprint density at radius 2 is 2.04 bits per heavy atom. The van der Waals surface area contributed by atoms with E-state index in [2.05, 4.69) is 10.3 Å². The van der Waals surface area contributed by atoms with E-state index >= 15 is 0 Å². The molecule has 0 aliphatic carbocycles. The number of nitrogens with zero attached hydrogens (tertiary/aromatic N) is 2. The van der Waals surface area contributed by atoms with Crippen LogP contribution in [0.1, 0.15) is 35.2 Å². The SMILES string of the molecule is COc1cccc(CNc2ncccc2C(=O)N2CCCCC2)c1O.